The Kier molecular flexibility index (Phi) is 6.53. The second-order valence-corrected chi connectivity index (χ2v) is 8.39. The molecule has 1 heterocycles. The molecule has 0 aliphatic carbocycles. The molecule has 1 aliphatic rings. The van der Waals surface area contributed by atoms with E-state index in [1.54, 1.807) is 22.5 Å². The van der Waals surface area contributed by atoms with Crippen molar-refractivity contribution >= 4 is 33.2 Å². The first-order valence-electron chi connectivity index (χ1n) is 7.55. The minimum absolute atomic E-state index is 0.136. The second-order valence-electron chi connectivity index (χ2n) is 5.61. The van der Waals surface area contributed by atoms with Gasteiger partial charge in [0, 0.05) is 28.7 Å². The van der Waals surface area contributed by atoms with E-state index in [-0.39, 0.29) is 5.75 Å². The molecule has 0 bridgehead atoms. The number of nitrogens with zero attached hydrogens (tertiary/aromatic N) is 1. The van der Waals surface area contributed by atoms with Crippen LogP contribution >= 0.6 is 23.2 Å². The zero-order valence-electron chi connectivity index (χ0n) is 12.7. The van der Waals surface area contributed by atoms with Gasteiger partial charge in [-0.25, -0.2) is 12.7 Å². The predicted octanol–water partition coefficient (Wildman–Crippen LogP) is 3.14. The fourth-order valence-corrected chi connectivity index (χ4v) is 5.00. The van der Waals surface area contributed by atoms with Crippen LogP contribution in [0.1, 0.15) is 25.3 Å². The van der Waals surface area contributed by atoms with Gasteiger partial charge in [-0.1, -0.05) is 36.2 Å². The van der Waals surface area contributed by atoms with Crippen molar-refractivity contribution < 1.29 is 8.42 Å². The summed E-state index contributed by atoms with van der Waals surface area (Å²) in [4.78, 5) is 0. The average molecular weight is 365 g/mol. The van der Waals surface area contributed by atoms with Gasteiger partial charge in [-0.3, -0.25) is 0 Å². The SMILES string of the molecule is CCNCC1CCN(S(=O)(=O)Cc2c(Cl)cccc2Cl)CC1. The maximum Gasteiger partial charge on any atom is 0.218 e. The van der Waals surface area contributed by atoms with Gasteiger partial charge in [0.05, 0.1) is 5.75 Å². The Morgan fingerprint density at radius 2 is 1.82 bits per heavy atom. The molecule has 4 nitrogen and oxygen atoms in total. The van der Waals surface area contributed by atoms with Crippen LogP contribution in [0.5, 0.6) is 0 Å². The first-order valence-corrected chi connectivity index (χ1v) is 9.92. The molecule has 1 aliphatic heterocycles. The molecule has 0 amide bonds. The molecule has 0 radical (unpaired) electrons. The van der Waals surface area contributed by atoms with Crippen molar-refractivity contribution in [2.75, 3.05) is 26.2 Å². The van der Waals surface area contributed by atoms with E-state index in [0.717, 1.165) is 25.9 Å². The van der Waals surface area contributed by atoms with E-state index in [0.29, 0.717) is 34.6 Å². The summed E-state index contributed by atoms with van der Waals surface area (Å²) in [7, 11) is -3.38. The first kappa shape index (κ1) is 18.0. The van der Waals surface area contributed by atoms with Gasteiger partial charge in [0.15, 0.2) is 0 Å². The molecule has 0 unspecified atom stereocenters. The molecular formula is C15H22Cl2N2O2S. The van der Waals surface area contributed by atoms with Crippen molar-refractivity contribution in [2.45, 2.75) is 25.5 Å². The molecule has 0 saturated carbocycles. The molecule has 1 N–H and O–H groups in total. The summed E-state index contributed by atoms with van der Waals surface area (Å²) in [5.74, 6) is 0.416. The molecular weight excluding hydrogens is 343 g/mol. The Morgan fingerprint density at radius 1 is 1.23 bits per heavy atom. The lowest BCUT2D eigenvalue weighted by atomic mass is 9.98. The highest BCUT2D eigenvalue weighted by molar-refractivity contribution is 7.88. The van der Waals surface area contributed by atoms with Crippen molar-refractivity contribution in [1.82, 2.24) is 9.62 Å². The number of halogens is 2. The van der Waals surface area contributed by atoms with E-state index < -0.39 is 10.0 Å². The summed E-state index contributed by atoms with van der Waals surface area (Å²) in [5, 5.41) is 4.13. The first-order chi connectivity index (χ1) is 10.4. The number of hydrogen-bond donors (Lipinski definition) is 1. The molecule has 0 atom stereocenters. The summed E-state index contributed by atoms with van der Waals surface area (Å²) in [6, 6.07) is 5.05. The fraction of sp³-hybridized carbons (Fsp3) is 0.600. The third kappa shape index (κ3) is 4.59. The summed E-state index contributed by atoms with van der Waals surface area (Å²) in [6.07, 6.45) is 1.78. The predicted molar refractivity (Wildman–Crippen MR) is 91.9 cm³/mol. The van der Waals surface area contributed by atoms with E-state index in [1.165, 1.54) is 0 Å². The van der Waals surface area contributed by atoms with Gasteiger partial charge in [0.2, 0.25) is 10.0 Å². The Bertz CT molecular complexity index is 579. The fourth-order valence-electron chi connectivity index (χ4n) is 2.68. The van der Waals surface area contributed by atoms with Crippen LogP contribution in [0.2, 0.25) is 10.0 Å². The van der Waals surface area contributed by atoms with Crippen LogP contribution in [-0.4, -0.2) is 38.9 Å². The minimum atomic E-state index is -3.38. The highest BCUT2D eigenvalue weighted by Gasteiger charge is 2.29. The Morgan fingerprint density at radius 3 is 2.36 bits per heavy atom. The third-order valence-electron chi connectivity index (χ3n) is 4.04. The molecule has 1 aromatic rings. The Hall–Kier alpha value is -0.330. The van der Waals surface area contributed by atoms with Crippen molar-refractivity contribution in [3.8, 4) is 0 Å². The van der Waals surface area contributed by atoms with Crippen LogP contribution in [0, 0.1) is 5.92 Å². The Labute approximate surface area is 142 Å². The van der Waals surface area contributed by atoms with Gasteiger partial charge in [0.25, 0.3) is 0 Å². The van der Waals surface area contributed by atoms with E-state index in [4.69, 9.17) is 23.2 Å². The van der Waals surface area contributed by atoms with E-state index >= 15 is 0 Å². The third-order valence-corrected chi connectivity index (χ3v) is 6.55. The number of rotatable bonds is 6. The molecule has 1 saturated heterocycles. The van der Waals surface area contributed by atoms with Crippen LogP contribution in [0.4, 0.5) is 0 Å². The largest absolute Gasteiger partial charge is 0.317 e. The van der Waals surface area contributed by atoms with Crippen LogP contribution in [0.3, 0.4) is 0 Å². The summed E-state index contributed by atoms with van der Waals surface area (Å²) >= 11 is 12.2. The van der Waals surface area contributed by atoms with E-state index in [2.05, 4.69) is 12.2 Å². The number of nitrogens with one attached hydrogen (secondary N) is 1. The molecule has 1 aromatic carbocycles. The van der Waals surface area contributed by atoms with Gasteiger partial charge < -0.3 is 5.32 Å². The summed E-state index contributed by atoms with van der Waals surface area (Å²) < 4.78 is 26.7. The monoisotopic (exact) mass is 364 g/mol. The van der Waals surface area contributed by atoms with Crippen molar-refractivity contribution in [3.05, 3.63) is 33.8 Å². The van der Waals surface area contributed by atoms with Crippen molar-refractivity contribution in [3.63, 3.8) is 0 Å². The Balaban J connectivity index is 2.00. The maximum absolute atomic E-state index is 12.6. The molecule has 0 aromatic heterocycles. The molecule has 0 spiro atoms. The van der Waals surface area contributed by atoms with Gasteiger partial charge in [0.1, 0.15) is 0 Å². The zero-order valence-corrected chi connectivity index (χ0v) is 15.0. The van der Waals surface area contributed by atoms with Gasteiger partial charge in [-0.2, -0.15) is 0 Å². The quantitative estimate of drug-likeness (QED) is 0.843. The number of benzene rings is 1. The van der Waals surface area contributed by atoms with Crippen molar-refractivity contribution in [2.24, 2.45) is 5.92 Å². The molecule has 22 heavy (non-hydrogen) atoms. The minimum Gasteiger partial charge on any atom is -0.317 e. The summed E-state index contributed by atoms with van der Waals surface area (Å²) in [6.45, 7) is 5.12. The van der Waals surface area contributed by atoms with E-state index in [9.17, 15) is 8.42 Å². The van der Waals surface area contributed by atoms with Crippen LogP contribution in [0.15, 0.2) is 18.2 Å². The second kappa shape index (κ2) is 7.97. The lowest BCUT2D eigenvalue weighted by Gasteiger charge is -2.31. The van der Waals surface area contributed by atoms with Gasteiger partial charge in [-0.05, 0) is 44.0 Å². The van der Waals surface area contributed by atoms with Crippen LogP contribution in [0.25, 0.3) is 0 Å². The normalized spacial score (nSPS) is 17.8. The number of hydrogen-bond acceptors (Lipinski definition) is 3. The molecule has 1 fully saturated rings. The van der Waals surface area contributed by atoms with E-state index in [1.807, 2.05) is 0 Å². The smallest absolute Gasteiger partial charge is 0.218 e. The highest BCUT2D eigenvalue weighted by atomic mass is 35.5. The summed E-state index contributed by atoms with van der Waals surface area (Å²) in [5.41, 5.74) is 0.487. The topological polar surface area (TPSA) is 49.4 Å². The number of sulfonamides is 1. The molecule has 7 heteroatoms. The average Bonchev–Trinajstić information content (AvgIpc) is 2.49. The number of piperidine rings is 1. The zero-order chi connectivity index (χ0) is 16.2. The maximum atomic E-state index is 12.6. The lowest BCUT2D eigenvalue weighted by Crippen LogP contribution is -2.41. The van der Waals surface area contributed by atoms with Crippen LogP contribution < -0.4 is 5.32 Å². The molecule has 2 rings (SSSR count). The highest BCUT2D eigenvalue weighted by Crippen LogP contribution is 2.28. The van der Waals surface area contributed by atoms with Crippen molar-refractivity contribution in [1.29, 1.82) is 0 Å². The van der Waals surface area contributed by atoms with Gasteiger partial charge in [-0.15, -0.1) is 0 Å². The lowest BCUT2D eigenvalue weighted by molar-refractivity contribution is 0.268. The van der Waals surface area contributed by atoms with Gasteiger partial charge >= 0.3 is 0 Å². The standard InChI is InChI=1S/C15H22Cl2N2O2S/c1-2-18-10-12-6-8-19(9-7-12)22(20,21)11-13-14(16)4-3-5-15(13)17/h3-5,12,18H,2,6-11H2,1H3. The molecule has 124 valence electrons. The van der Waals surface area contributed by atoms with Crippen LogP contribution in [-0.2, 0) is 15.8 Å².